The first-order valence-corrected chi connectivity index (χ1v) is 5.32. The fourth-order valence-electron chi connectivity index (χ4n) is 1.12. The smallest absolute Gasteiger partial charge is 0.230 e. The van der Waals surface area contributed by atoms with Crippen LogP contribution >= 0.6 is 11.8 Å². The van der Waals surface area contributed by atoms with Crippen molar-refractivity contribution in [2.75, 3.05) is 0 Å². The van der Waals surface area contributed by atoms with Crippen LogP contribution in [-0.2, 0) is 4.79 Å². The highest BCUT2D eigenvalue weighted by Gasteiger charge is 2.14. The minimum Gasteiger partial charge on any atom is -0.369 e. The number of aromatic nitrogens is 3. The lowest BCUT2D eigenvalue weighted by Crippen LogP contribution is -2.22. The molecule has 0 saturated heterocycles. The Morgan fingerprint density at radius 1 is 1.53 bits per heavy atom. The van der Waals surface area contributed by atoms with Crippen LogP contribution in [0.4, 0.5) is 0 Å². The van der Waals surface area contributed by atoms with Crippen molar-refractivity contribution < 1.29 is 4.79 Å². The van der Waals surface area contributed by atoms with Gasteiger partial charge < -0.3 is 5.73 Å². The normalized spacial score (nSPS) is 12.9. The van der Waals surface area contributed by atoms with Crippen molar-refractivity contribution in [2.45, 2.75) is 17.3 Å². The quantitative estimate of drug-likeness (QED) is 0.776. The molecule has 2 heterocycles. The number of amides is 1. The van der Waals surface area contributed by atoms with Crippen LogP contribution in [0.2, 0.25) is 0 Å². The Morgan fingerprint density at radius 3 is 3.07 bits per heavy atom. The molecule has 0 aliphatic heterocycles. The molecule has 5 nitrogen and oxygen atoms in total. The number of carbonyl (C=O) groups excluding carboxylic acids is 1. The fourth-order valence-corrected chi connectivity index (χ4v) is 1.90. The van der Waals surface area contributed by atoms with Crippen LogP contribution in [0.5, 0.6) is 0 Å². The van der Waals surface area contributed by atoms with Gasteiger partial charge in [0, 0.05) is 6.20 Å². The van der Waals surface area contributed by atoms with Gasteiger partial charge in [-0.05, 0) is 19.1 Å². The van der Waals surface area contributed by atoms with Gasteiger partial charge in [0.15, 0.2) is 10.8 Å². The van der Waals surface area contributed by atoms with Gasteiger partial charge in [-0.15, -0.1) is 10.2 Å². The maximum atomic E-state index is 10.9. The van der Waals surface area contributed by atoms with Gasteiger partial charge in [-0.1, -0.05) is 17.8 Å². The van der Waals surface area contributed by atoms with Gasteiger partial charge in [-0.25, -0.2) is 0 Å². The average Bonchev–Trinajstić information content (AvgIpc) is 2.62. The van der Waals surface area contributed by atoms with Crippen molar-refractivity contribution in [1.29, 1.82) is 0 Å². The molecular weight excluding hydrogens is 212 g/mol. The Balaban J connectivity index is 2.32. The Labute approximate surface area is 90.7 Å². The summed E-state index contributed by atoms with van der Waals surface area (Å²) in [5, 5.41) is 8.33. The summed E-state index contributed by atoms with van der Waals surface area (Å²) in [5.41, 5.74) is 5.94. The third-order valence-electron chi connectivity index (χ3n) is 1.97. The lowest BCUT2D eigenvalue weighted by Gasteiger charge is -2.04. The van der Waals surface area contributed by atoms with E-state index in [1.807, 2.05) is 28.8 Å². The topological polar surface area (TPSA) is 73.3 Å². The average molecular weight is 222 g/mol. The van der Waals surface area contributed by atoms with Crippen LogP contribution < -0.4 is 5.73 Å². The van der Waals surface area contributed by atoms with E-state index in [0.29, 0.717) is 5.16 Å². The molecule has 2 rings (SSSR count). The molecule has 0 bridgehead atoms. The van der Waals surface area contributed by atoms with Gasteiger partial charge >= 0.3 is 0 Å². The Hall–Kier alpha value is -1.56. The lowest BCUT2D eigenvalue weighted by molar-refractivity contribution is -0.117. The molecule has 2 N–H and O–H groups in total. The zero-order valence-electron chi connectivity index (χ0n) is 8.12. The minimum atomic E-state index is -0.354. The van der Waals surface area contributed by atoms with Crippen LogP contribution in [0, 0.1) is 0 Å². The molecular formula is C9H10N4OS. The number of carbonyl (C=O) groups is 1. The first-order valence-electron chi connectivity index (χ1n) is 4.44. The molecule has 78 valence electrons. The van der Waals surface area contributed by atoms with Gasteiger partial charge in [0.05, 0.1) is 5.25 Å². The second-order valence-corrected chi connectivity index (χ2v) is 4.38. The van der Waals surface area contributed by atoms with Crippen molar-refractivity contribution in [3.8, 4) is 0 Å². The van der Waals surface area contributed by atoms with E-state index in [1.54, 1.807) is 6.92 Å². The van der Waals surface area contributed by atoms with Crippen molar-refractivity contribution in [2.24, 2.45) is 5.73 Å². The van der Waals surface area contributed by atoms with Crippen LogP contribution in [0.3, 0.4) is 0 Å². The summed E-state index contributed by atoms with van der Waals surface area (Å²) >= 11 is 1.30. The molecule has 2 aromatic heterocycles. The molecule has 0 saturated carbocycles. The maximum absolute atomic E-state index is 10.9. The molecule has 1 atom stereocenters. The van der Waals surface area contributed by atoms with Crippen molar-refractivity contribution in [3.63, 3.8) is 0 Å². The van der Waals surface area contributed by atoms with E-state index >= 15 is 0 Å². The number of rotatable bonds is 3. The molecule has 0 aliphatic carbocycles. The largest absolute Gasteiger partial charge is 0.369 e. The highest BCUT2D eigenvalue weighted by Crippen LogP contribution is 2.21. The molecule has 0 spiro atoms. The molecule has 0 aromatic carbocycles. The predicted molar refractivity (Wildman–Crippen MR) is 57.5 cm³/mol. The monoisotopic (exact) mass is 222 g/mol. The molecule has 0 unspecified atom stereocenters. The number of thioether (sulfide) groups is 1. The predicted octanol–water partition coefficient (Wildman–Crippen LogP) is 0.695. The van der Waals surface area contributed by atoms with E-state index in [-0.39, 0.29) is 11.2 Å². The van der Waals surface area contributed by atoms with E-state index in [4.69, 9.17) is 5.73 Å². The summed E-state index contributed by atoms with van der Waals surface area (Å²) < 4.78 is 1.82. The minimum absolute atomic E-state index is 0.308. The van der Waals surface area contributed by atoms with Crippen molar-refractivity contribution in [1.82, 2.24) is 14.6 Å². The van der Waals surface area contributed by atoms with Crippen molar-refractivity contribution >= 4 is 23.3 Å². The summed E-state index contributed by atoms with van der Waals surface area (Å²) in [7, 11) is 0. The first-order chi connectivity index (χ1) is 7.18. The molecule has 2 aromatic rings. The second-order valence-electron chi connectivity index (χ2n) is 3.07. The Kier molecular flexibility index (Phi) is 2.59. The Morgan fingerprint density at radius 2 is 2.33 bits per heavy atom. The van der Waals surface area contributed by atoms with E-state index in [1.165, 1.54) is 11.8 Å². The summed E-state index contributed by atoms with van der Waals surface area (Å²) in [6, 6.07) is 5.62. The third-order valence-corrected chi connectivity index (χ3v) is 3.04. The summed E-state index contributed by atoms with van der Waals surface area (Å²) in [6.45, 7) is 1.75. The maximum Gasteiger partial charge on any atom is 0.230 e. The number of fused-ring (bicyclic) bond motifs is 1. The van der Waals surface area contributed by atoms with E-state index < -0.39 is 0 Å². The third kappa shape index (κ3) is 1.94. The number of pyridine rings is 1. The SMILES string of the molecule is C[C@@H](Sc1nnc2ccccn12)C(N)=O. The van der Waals surface area contributed by atoms with Gasteiger partial charge in [0.25, 0.3) is 0 Å². The second kappa shape index (κ2) is 3.90. The number of primary amides is 1. The zero-order valence-corrected chi connectivity index (χ0v) is 8.94. The zero-order chi connectivity index (χ0) is 10.8. The molecule has 0 fully saturated rings. The van der Waals surface area contributed by atoms with Gasteiger partial charge in [0.2, 0.25) is 5.91 Å². The lowest BCUT2D eigenvalue weighted by atomic mass is 10.5. The number of nitrogens with two attached hydrogens (primary N) is 1. The molecule has 0 aliphatic rings. The molecule has 0 radical (unpaired) electrons. The molecule has 1 amide bonds. The van der Waals surface area contributed by atoms with E-state index in [9.17, 15) is 4.79 Å². The summed E-state index contributed by atoms with van der Waals surface area (Å²) in [6.07, 6.45) is 1.85. The molecule has 15 heavy (non-hydrogen) atoms. The fraction of sp³-hybridized carbons (Fsp3) is 0.222. The van der Waals surface area contributed by atoms with Crippen LogP contribution in [0.15, 0.2) is 29.6 Å². The highest BCUT2D eigenvalue weighted by molar-refractivity contribution is 8.00. The van der Waals surface area contributed by atoms with Gasteiger partial charge in [-0.3, -0.25) is 9.20 Å². The number of nitrogens with zero attached hydrogens (tertiary/aromatic N) is 3. The molecule has 6 heteroatoms. The summed E-state index contributed by atoms with van der Waals surface area (Å²) in [5.74, 6) is -0.354. The van der Waals surface area contributed by atoms with Crippen LogP contribution in [0.1, 0.15) is 6.92 Å². The first kappa shape index (κ1) is 9.97. The number of hydrogen-bond donors (Lipinski definition) is 1. The van der Waals surface area contributed by atoms with Crippen LogP contribution in [0.25, 0.3) is 5.65 Å². The Bertz CT molecular complexity index is 496. The van der Waals surface area contributed by atoms with Crippen molar-refractivity contribution in [3.05, 3.63) is 24.4 Å². The standard InChI is InChI=1S/C9H10N4OS/c1-6(8(10)14)15-9-12-11-7-4-2-3-5-13(7)9/h2-6H,1H3,(H2,10,14)/t6-/m1/s1. The van der Waals surface area contributed by atoms with E-state index in [2.05, 4.69) is 10.2 Å². The number of hydrogen-bond acceptors (Lipinski definition) is 4. The van der Waals surface area contributed by atoms with Crippen LogP contribution in [-0.4, -0.2) is 25.8 Å². The van der Waals surface area contributed by atoms with E-state index in [0.717, 1.165) is 5.65 Å². The highest BCUT2D eigenvalue weighted by atomic mass is 32.2. The summed E-state index contributed by atoms with van der Waals surface area (Å²) in [4.78, 5) is 10.9. The van der Waals surface area contributed by atoms with Gasteiger partial charge in [0.1, 0.15) is 0 Å². The van der Waals surface area contributed by atoms with Gasteiger partial charge in [-0.2, -0.15) is 0 Å².